The van der Waals surface area contributed by atoms with Crippen LogP contribution in [0.1, 0.15) is 49.5 Å². The van der Waals surface area contributed by atoms with Gasteiger partial charge in [0, 0.05) is 11.9 Å². The highest BCUT2D eigenvalue weighted by Gasteiger charge is 2.19. The van der Waals surface area contributed by atoms with Gasteiger partial charge in [0.2, 0.25) is 5.91 Å². The average molecular weight is 340 g/mol. The Kier molecular flexibility index (Phi) is 5.48. The van der Waals surface area contributed by atoms with Gasteiger partial charge in [0.05, 0.1) is 5.52 Å². The van der Waals surface area contributed by atoms with Crippen LogP contribution in [0.4, 0.5) is 0 Å². The van der Waals surface area contributed by atoms with Crippen molar-refractivity contribution in [1.29, 1.82) is 0 Å². The van der Waals surface area contributed by atoms with E-state index in [4.69, 9.17) is 0 Å². The van der Waals surface area contributed by atoms with Gasteiger partial charge < -0.3 is 10.6 Å². The molecule has 1 aromatic carbocycles. The molecule has 0 bridgehead atoms. The largest absolute Gasteiger partial charge is 0.354 e. The predicted molar refractivity (Wildman–Crippen MR) is 97.2 cm³/mol. The van der Waals surface area contributed by atoms with Crippen LogP contribution in [0.5, 0.6) is 0 Å². The fraction of sp³-hybridized carbons (Fsp3) is 0.421. The Bertz CT molecular complexity index is 794. The minimum Gasteiger partial charge on any atom is -0.354 e. The first-order valence-electron chi connectivity index (χ1n) is 8.85. The molecular formula is C19H24N4O2. The molecule has 1 aromatic heterocycles. The number of benzene rings is 1. The van der Waals surface area contributed by atoms with Crippen LogP contribution in [-0.4, -0.2) is 34.6 Å². The number of para-hydroxylation sites is 1. The SMILES string of the molecule is CC(NC(=O)c1n[nH]c2ccccc12)C(=O)NCCC1=CCCCC1. The monoisotopic (exact) mass is 340 g/mol. The summed E-state index contributed by atoms with van der Waals surface area (Å²) in [6.07, 6.45) is 7.95. The van der Waals surface area contributed by atoms with Gasteiger partial charge in [-0.1, -0.05) is 29.8 Å². The summed E-state index contributed by atoms with van der Waals surface area (Å²) in [5.74, 6) is -0.528. The number of hydrogen-bond donors (Lipinski definition) is 3. The maximum Gasteiger partial charge on any atom is 0.273 e. The number of rotatable bonds is 6. The first-order chi connectivity index (χ1) is 12.1. The number of carbonyl (C=O) groups excluding carboxylic acids is 2. The second-order valence-electron chi connectivity index (χ2n) is 6.46. The van der Waals surface area contributed by atoms with Crippen LogP contribution in [0, 0.1) is 0 Å². The smallest absolute Gasteiger partial charge is 0.273 e. The summed E-state index contributed by atoms with van der Waals surface area (Å²) in [6.45, 7) is 2.29. The molecule has 6 nitrogen and oxygen atoms in total. The summed E-state index contributed by atoms with van der Waals surface area (Å²) in [6, 6.07) is 6.80. The Morgan fingerprint density at radius 1 is 1.28 bits per heavy atom. The molecule has 3 rings (SSSR count). The Hall–Kier alpha value is -2.63. The second-order valence-corrected chi connectivity index (χ2v) is 6.46. The van der Waals surface area contributed by atoms with E-state index >= 15 is 0 Å². The molecule has 0 saturated heterocycles. The lowest BCUT2D eigenvalue weighted by Gasteiger charge is -2.15. The molecule has 0 fully saturated rings. The number of aromatic nitrogens is 2. The standard InChI is InChI=1S/C19H24N4O2/c1-13(18(24)20-12-11-14-7-3-2-4-8-14)21-19(25)17-15-9-5-6-10-16(15)22-23-17/h5-7,9-10,13H,2-4,8,11-12H2,1H3,(H,20,24)(H,21,25)(H,22,23). The number of nitrogens with zero attached hydrogens (tertiary/aromatic N) is 1. The second kappa shape index (κ2) is 7.96. The summed E-state index contributed by atoms with van der Waals surface area (Å²) in [4.78, 5) is 24.6. The van der Waals surface area contributed by atoms with Crippen molar-refractivity contribution >= 4 is 22.7 Å². The zero-order valence-corrected chi connectivity index (χ0v) is 14.5. The van der Waals surface area contributed by atoms with Gasteiger partial charge in [0.1, 0.15) is 6.04 Å². The maximum absolute atomic E-state index is 12.4. The summed E-state index contributed by atoms with van der Waals surface area (Å²) < 4.78 is 0. The van der Waals surface area contributed by atoms with E-state index in [-0.39, 0.29) is 11.8 Å². The van der Waals surface area contributed by atoms with Crippen LogP contribution in [0.2, 0.25) is 0 Å². The molecule has 6 heteroatoms. The van der Waals surface area contributed by atoms with E-state index in [1.165, 1.54) is 18.4 Å². The quantitative estimate of drug-likeness (QED) is 0.707. The number of hydrogen-bond acceptors (Lipinski definition) is 3. The topological polar surface area (TPSA) is 86.9 Å². The van der Waals surface area contributed by atoms with Crippen molar-refractivity contribution in [3.63, 3.8) is 0 Å². The summed E-state index contributed by atoms with van der Waals surface area (Å²) in [7, 11) is 0. The number of aromatic amines is 1. The molecule has 1 heterocycles. The van der Waals surface area contributed by atoms with Crippen molar-refractivity contribution < 1.29 is 9.59 Å². The molecule has 2 aromatic rings. The van der Waals surface area contributed by atoms with E-state index in [1.807, 2.05) is 24.3 Å². The Morgan fingerprint density at radius 3 is 2.92 bits per heavy atom. The van der Waals surface area contributed by atoms with Crippen LogP contribution < -0.4 is 10.6 Å². The molecule has 1 aliphatic rings. The number of amides is 2. The molecule has 1 aliphatic carbocycles. The van der Waals surface area contributed by atoms with Gasteiger partial charge in [0.15, 0.2) is 5.69 Å². The highest BCUT2D eigenvalue weighted by Crippen LogP contribution is 2.19. The van der Waals surface area contributed by atoms with Crippen molar-refractivity contribution in [3.05, 3.63) is 41.6 Å². The van der Waals surface area contributed by atoms with E-state index in [0.29, 0.717) is 12.2 Å². The van der Waals surface area contributed by atoms with Gasteiger partial charge in [-0.25, -0.2) is 0 Å². The highest BCUT2D eigenvalue weighted by molar-refractivity contribution is 6.05. The van der Waals surface area contributed by atoms with Gasteiger partial charge in [-0.15, -0.1) is 0 Å². The summed E-state index contributed by atoms with van der Waals surface area (Å²) >= 11 is 0. The molecule has 0 spiro atoms. The Labute approximate surface area is 147 Å². The number of carbonyl (C=O) groups is 2. The fourth-order valence-corrected chi connectivity index (χ4v) is 3.10. The van der Waals surface area contributed by atoms with Crippen molar-refractivity contribution in [2.75, 3.05) is 6.54 Å². The fourth-order valence-electron chi connectivity index (χ4n) is 3.10. The molecule has 132 valence electrons. The third kappa shape index (κ3) is 4.26. The van der Waals surface area contributed by atoms with Crippen molar-refractivity contribution in [2.45, 2.75) is 45.1 Å². The first-order valence-corrected chi connectivity index (χ1v) is 8.85. The normalized spacial score (nSPS) is 15.5. The van der Waals surface area contributed by atoms with Crippen LogP contribution in [0.25, 0.3) is 10.9 Å². The minimum atomic E-state index is -0.608. The molecule has 0 aliphatic heterocycles. The molecule has 0 saturated carbocycles. The summed E-state index contributed by atoms with van der Waals surface area (Å²) in [5.41, 5.74) is 2.53. The minimum absolute atomic E-state index is 0.176. The van der Waals surface area contributed by atoms with E-state index in [1.54, 1.807) is 6.92 Å². The highest BCUT2D eigenvalue weighted by atomic mass is 16.2. The van der Waals surface area contributed by atoms with Crippen LogP contribution in [0.15, 0.2) is 35.9 Å². The third-order valence-corrected chi connectivity index (χ3v) is 4.56. The zero-order valence-electron chi connectivity index (χ0n) is 14.5. The van der Waals surface area contributed by atoms with Crippen molar-refractivity contribution in [3.8, 4) is 0 Å². The van der Waals surface area contributed by atoms with Crippen LogP contribution >= 0.6 is 0 Å². The number of nitrogens with one attached hydrogen (secondary N) is 3. The lowest BCUT2D eigenvalue weighted by atomic mass is 9.97. The van der Waals surface area contributed by atoms with Gasteiger partial charge in [-0.2, -0.15) is 5.10 Å². The number of fused-ring (bicyclic) bond motifs is 1. The molecule has 2 amide bonds. The van der Waals surface area contributed by atoms with Crippen LogP contribution in [0.3, 0.4) is 0 Å². The van der Waals surface area contributed by atoms with Crippen molar-refractivity contribution in [2.24, 2.45) is 0 Å². The van der Waals surface area contributed by atoms with Gasteiger partial charge >= 0.3 is 0 Å². The average Bonchev–Trinajstić information content (AvgIpc) is 3.06. The molecule has 1 atom stereocenters. The lowest BCUT2D eigenvalue weighted by molar-refractivity contribution is -0.122. The molecule has 3 N–H and O–H groups in total. The maximum atomic E-state index is 12.4. The number of H-pyrrole nitrogens is 1. The van der Waals surface area contributed by atoms with E-state index < -0.39 is 6.04 Å². The third-order valence-electron chi connectivity index (χ3n) is 4.56. The lowest BCUT2D eigenvalue weighted by Crippen LogP contribution is -2.45. The van der Waals surface area contributed by atoms with E-state index in [0.717, 1.165) is 30.2 Å². The van der Waals surface area contributed by atoms with E-state index in [9.17, 15) is 9.59 Å². The van der Waals surface area contributed by atoms with Gasteiger partial charge in [-0.3, -0.25) is 14.7 Å². The molecule has 1 unspecified atom stereocenters. The first kappa shape index (κ1) is 17.2. The number of allylic oxidation sites excluding steroid dienone is 1. The predicted octanol–water partition coefficient (Wildman–Crippen LogP) is 2.69. The van der Waals surface area contributed by atoms with Crippen LogP contribution in [-0.2, 0) is 4.79 Å². The molecular weight excluding hydrogens is 316 g/mol. The zero-order chi connectivity index (χ0) is 17.6. The Morgan fingerprint density at radius 2 is 2.12 bits per heavy atom. The Balaban J connectivity index is 1.50. The van der Waals surface area contributed by atoms with Gasteiger partial charge in [0.25, 0.3) is 5.91 Å². The van der Waals surface area contributed by atoms with Gasteiger partial charge in [-0.05, 0) is 45.1 Å². The molecule has 0 radical (unpaired) electrons. The molecule has 25 heavy (non-hydrogen) atoms. The van der Waals surface area contributed by atoms with E-state index in [2.05, 4.69) is 26.9 Å². The van der Waals surface area contributed by atoms with Crippen molar-refractivity contribution in [1.82, 2.24) is 20.8 Å². The summed E-state index contributed by atoms with van der Waals surface area (Å²) in [5, 5.41) is 13.2.